The molecule has 0 heterocycles. The Kier molecular flexibility index (Phi) is 26.6. The highest BCUT2D eigenvalue weighted by molar-refractivity contribution is 5.69. The number of nitrogen functional groups attached to an aromatic ring is 1. The standard InChI is InChI=1S/C30H53NO10/c1-2-3-4-5-6-7-30(32)41-27-25-39-23-21-37-19-17-35-15-13-33-12-14-34-16-18-36-20-22-38-24-26-40-29-10-8-28(31)9-11-29/h8-11H,2-7,12-27,31H2,1H3. The number of hydrogen-bond donors (Lipinski definition) is 1. The number of esters is 1. The van der Waals surface area contributed by atoms with Crippen molar-refractivity contribution >= 4 is 11.7 Å². The summed E-state index contributed by atoms with van der Waals surface area (Å²) in [4.78, 5) is 11.6. The van der Waals surface area contributed by atoms with Crippen molar-refractivity contribution in [1.82, 2.24) is 0 Å². The Morgan fingerprint density at radius 1 is 0.537 bits per heavy atom. The zero-order valence-electron chi connectivity index (χ0n) is 25.0. The fourth-order valence-corrected chi connectivity index (χ4v) is 3.36. The Hall–Kier alpha value is -1.99. The van der Waals surface area contributed by atoms with Gasteiger partial charge in [-0.15, -0.1) is 0 Å². The zero-order valence-corrected chi connectivity index (χ0v) is 25.0. The van der Waals surface area contributed by atoms with E-state index in [0.717, 1.165) is 18.6 Å². The molecular weight excluding hydrogens is 534 g/mol. The molecule has 0 atom stereocenters. The Bertz CT molecular complexity index is 692. The molecule has 0 amide bonds. The number of nitrogens with two attached hydrogens (primary N) is 1. The first-order valence-electron chi connectivity index (χ1n) is 14.9. The summed E-state index contributed by atoms with van der Waals surface area (Å²) in [5.41, 5.74) is 6.34. The number of rotatable bonds is 31. The average molecular weight is 588 g/mol. The molecule has 11 heteroatoms. The molecule has 0 saturated carbocycles. The van der Waals surface area contributed by atoms with Crippen LogP contribution in [0.3, 0.4) is 0 Å². The molecule has 0 aliphatic carbocycles. The highest BCUT2D eigenvalue weighted by Gasteiger charge is 2.02. The first kappa shape index (κ1) is 37.0. The van der Waals surface area contributed by atoms with E-state index in [1.807, 2.05) is 12.1 Å². The topological polar surface area (TPSA) is 126 Å². The van der Waals surface area contributed by atoms with Crippen molar-refractivity contribution in [1.29, 1.82) is 0 Å². The Labute approximate surface area is 246 Å². The summed E-state index contributed by atoms with van der Waals surface area (Å²) in [6.07, 6.45) is 6.08. The largest absolute Gasteiger partial charge is 0.491 e. The van der Waals surface area contributed by atoms with E-state index in [0.29, 0.717) is 111 Å². The van der Waals surface area contributed by atoms with Crippen LogP contribution in [-0.2, 0) is 42.7 Å². The second-order valence-electron chi connectivity index (χ2n) is 9.09. The second kappa shape index (κ2) is 29.5. The lowest BCUT2D eigenvalue weighted by atomic mass is 10.1. The van der Waals surface area contributed by atoms with E-state index in [2.05, 4.69) is 6.92 Å². The maximum absolute atomic E-state index is 11.6. The van der Waals surface area contributed by atoms with Crippen LogP contribution in [0.1, 0.15) is 45.4 Å². The smallest absolute Gasteiger partial charge is 0.305 e. The number of benzene rings is 1. The van der Waals surface area contributed by atoms with Crippen molar-refractivity contribution in [3.8, 4) is 5.75 Å². The van der Waals surface area contributed by atoms with Gasteiger partial charge < -0.3 is 48.4 Å². The lowest BCUT2D eigenvalue weighted by Gasteiger charge is -2.09. The summed E-state index contributed by atoms with van der Waals surface area (Å²) < 4.78 is 48.9. The predicted molar refractivity (Wildman–Crippen MR) is 156 cm³/mol. The van der Waals surface area contributed by atoms with Gasteiger partial charge in [-0.2, -0.15) is 0 Å². The Morgan fingerprint density at radius 3 is 1.37 bits per heavy atom. The van der Waals surface area contributed by atoms with Crippen LogP contribution in [0.5, 0.6) is 5.75 Å². The SMILES string of the molecule is CCCCCCCC(=O)OCCOCCOCCOCCOCCOCCOCCOCCOc1ccc(N)cc1. The molecule has 0 unspecified atom stereocenters. The summed E-state index contributed by atoms with van der Waals surface area (Å²) in [6.45, 7) is 9.75. The van der Waals surface area contributed by atoms with Gasteiger partial charge in [-0.05, 0) is 30.7 Å². The molecule has 0 radical (unpaired) electrons. The maximum atomic E-state index is 11.6. The van der Waals surface area contributed by atoms with Crippen molar-refractivity contribution in [2.75, 3.05) is 111 Å². The molecule has 1 aromatic carbocycles. The molecule has 0 saturated heterocycles. The molecule has 0 bridgehead atoms. The number of carbonyl (C=O) groups excluding carboxylic acids is 1. The van der Waals surface area contributed by atoms with Gasteiger partial charge in [0.15, 0.2) is 0 Å². The quantitative estimate of drug-likeness (QED) is 0.0777. The van der Waals surface area contributed by atoms with Crippen molar-refractivity contribution in [2.24, 2.45) is 0 Å². The van der Waals surface area contributed by atoms with Gasteiger partial charge in [-0.1, -0.05) is 32.6 Å². The maximum Gasteiger partial charge on any atom is 0.305 e. The van der Waals surface area contributed by atoms with E-state index in [1.54, 1.807) is 12.1 Å². The van der Waals surface area contributed by atoms with Gasteiger partial charge in [0.25, 0.3) is 0 Å². The van der Waals surface area contributed by atoms with E-state index in [1.165, 1.54) is 19.3 Å². The van der Waals surface area contributed by atoms with Gasteiger partial charge in [-0.25, -0.2) is 0 Å². The summed E-state index contributed by atoms with van der Waals surface area (Å²) >= 11 is 0. The highest BCUT2D eigenvalue weighted by atomic mass is 16.6. The van der Waals surface area contributed by atoms with Gasteiger partial charge in [0.2, 0.25) is 0 Å². The molecule has 1 aromatic rings. The van der Waals surface area contributed by atoms with Crippen molar-refractivity contribution in [3.63, 3.8) is 0 Å². The molecular formula is C30H53NO10. The lowest BCUT2D eigenvalue weighted by molar-refractivity contribution is -0.145. The third-order valence-corrected chi connectivity index (χ3v) is 5.58. The molecule has 11 nitrogen and oxygen atoms in total. The summed E-state index contributed by atoms with van der Waals surface area (Å²) in [5.74, 6) is 0.625. The van der Waals surface area contributed by atoms with Gasteiger partial charge >= 0.3 is 5.97 Å². The molecule has 0 fully saturated rings. The molecule has 0 spiro atoms. The number of anilines is 1. The first-order chi connectivity index (χ1) is 20.2. The molecule has 41 heavy (non-hydrogen) atoms. The van der Waals surface area contributed by atoms with Crippen LogP contribution in [0.25, 0.3) is 0 Å². The van der Waals surface area contributed by atoms with Crippen LogP contribution >= 0.6 is 0 Å². The fraction of sp³-hybridized carbons (Fsp3) is 0.767. The minimum absolute atomic E-state index is 0.146. The number of hydrogen-bond acceptors (Lipinski definition) is 11. The van der Waals surface area contributed by atoms with Crippen LogP contribution in [0, 0.1) is 0 Å². The summed E-state index contributed by atoms with van der Waals surface area (Å²) in [7, 11) is 0. The van der Waals surface area contributed by atoms with Crippen LogP contribution in [0.4, 0.5) is 5.69 Å². The minimum Gasteiger partial charge on any atom is -0.491 e. The Morgan fingerprint density at radius 2 is 0.927 bits per heavy atom. The van der Waals surface area contributed by atoms with E-state index in [-0.39, 0.29) is 12.6 Å². The zero-order chi connectivity index (χ0) is 29.5. The van der Waals surface area contributed by atoms with Crippen LogP contribution in [-0.4, -0.2) is 112 Å². The van der Waals surface area contributed by atoms with Crippen LogP contribution in [0.15, 0.2) is 24.3 Å². The van der Waals surface area contributed by atoms with Crippen molar-refractivity contribution < 1.29 is 47.4 Å². The summed E-state index contributed by atoms with van der Waals surface area (Å²) in [5, 5.41) is 0. The summed E-state index contributed by atoms with van der Waals surface area (Å²) in [6, 6.07) is 7.26. The average Bonchev–Trinajstić information content (AvgIpc) is 2.98. The van der Waals surface area contributed by atoms with Crippen LogP contribution < -0.4 is 10.5 Å². The van der Waals surface area contributed by atoms with E-state index in [9.17, 15) is 4.79 Å². The van der Waals surface area contributed by atoms with E-state index < -0.39 is 0 Å². The van der Waals surface area contributed by atoms with Crippen molar-refractivity contribution in [3.05, 3.63) is 24.3 Å². The van der Waals surface area contributed by atoms with E-state index >= 15 is 0 Å². The normalized spacial score (nSPS) is 11.1. The monoisotopic (exact) mass is 587 g/mol. The molecule has 0 aliphatic heterocycles. The molecule has 1 rings (SSSR count). The lowest BCUT2D eigenvalue weighted by Crippen LogP contribution is -2.15. The Balaban J connectivity index is 1.66. The molecule has 0 aromatic heterocycles. The first-order valence-corrected chi connectivity index (χ1v) is 14.9. The van der Waals surface area contributed by atoms with Gasteiger partial charge in [-0.3, -0.25) is 4.79 Å². The predicted octanol–water partition coefficient (Wildman–Crippen LogP) is 3.67. The van der Waals surface area contributed by atoms with Crippen molar-refractivity contribution in [2.45, 2.75) is 45.4 Å². The fourth-order valence-electron chi connectivity index (χ4n) is 3.36. The van der Waals surface area contributed by atoms with E-state index in [4.69, 9.17) is 48.4 Å². The van der Waals surface area contributed by atoms with Crippen LogP contribution in [0.2, 0.25) is 0 Å². The minimum atomic E-state index is -0.146. The third-order valence-electron chi connectivity index (χ3n) is 5.58. The van der Waals surface area contributed by atoms with Gasteiger partial charge in [0.05, 0.1) is 92.5 Å². The van der Waals surface area contributed by atoms with Gasteiger partial charge in [0, 0.05) is 12.1 Å². The number of unbranched alkanes of at least 4 members (excludes halogenated alkanes) is 4. The molecule has 0 aliphatic rings. The third kappa shape index (κ3) is 26.6. The highest BCUT2D eigenvalue weighted by Crippen LogP contribution is 2.12. The second-order valence-corrected chi connectivity index (χ2v) is 9.09. The van der Waals surface area contributed by atoms with Gasteiger partial charge in [0.1, 0.15) is 19.0 Å². The molecule has 2 N–H and O–H groups in total. The molecule has 238 valence electrons. The number of ether oxygens (including phenoxy) is 9. The number of carbonyl (C=O) groups is 1.